The number of nitriles is 1. The van der Waals surface area contributed by atoms with Crippen LogP contribution in [0.1, 0.15) is 29.5 Å². The van der Waals surface area contributed by atoms with Crippen molar-refractivity contribution in [3.8, 4) is 11.8 Å². The predicted octanol–water partition coefficient (Wildman–Crippen LogP) is 1.82. The van der Waals surface area contributed by atoms with Crippen molar-refractivity contribution < 1.29 is 4.74 Å². The van der Waals surface area contributed by atoms with Gasteiger partial charge in [0, 0.05) is 6.54 Å². The molecule has 0 bridgehead atoms. The number of rotatable bonds is 1. The summed E-state index contributed by atoms with van der Waals surface area (Å²) >= 11 is 0. The first-order chi connectivity index (χ1) is 7.76. The van der Waals surface area contributed by atoms with Gasteiger partial charge in [-0.15, -0.1) is 0 Å². The average Bonchev–Trinajstić information content (AvgIpc) is 2.49. The highest BCUT2D eigenvalue weighted by Gasteiger charge is 2.17. The Hall–Kier alpha value is -1.53. The Balaban J connectivity index is 2.53. The standard InChI is InChI=1S/C13H16N2O/c1-9-8-15-4-3-10-6-13(16-2)11(7-14)5-12(9)10/h5-6,9,15H,3-4,8H2,1-2H3/t9-/m1/s1. The maximum Gasteiger partial charge on any atom is 0.136 e. The smallest absolute Gasteiger partial charge is 0.136 e. The second kappa shape index (κ2) is 4.54. The minimum Gasteiger partial charge on any atom is -0.495 e. The summed E-state index contributed by atoms with van der Waals surface area (Å²) in [6.07, 6.45) is 1.00. The lowest BCUT2D eigenvalue weighted by Gasteiger charge is -2.14. The number of fused-ring (bicyclic) bond motifs is 1. The molecule has 1 N–H and O–H groups in total. The molecule has 1 aliphatic heterocycles. The molecule has 1 aromatic carbocycles. The highest BCUT2D eigenvalue weighted by molar-refractivity contribution is 5.50. The summed E-state index contributed by atoms with van der Waals surface area (Å²) in [5.41, 5.74) is 3.21. The van der Waals surface area contributed by atoms with E-state index in [0.717, 1.165) is 19.5 Å². The molecule has 1 aliphatic rings. The summed E-state index contributed by atoms with van der Waals surface area (Å²) in [5.74, 6) is 1.14. The van der Waals surface area contributed by atoms with E-state index in [2.05, 4.69) is 18.3 Å². The van der Waals surface area contributed by atoms with Crippen LogP contribution in [-0.4, -0.2) is 20.2 Å². The minimum atomic E-state index is 0.454. The van der Waals surface area contributed by atoms with E-state index in [-0.39, 0.29) is 0 Å². The van der Waals surface area contributed by atoms with Gasteiger partial charge in [0.2, 0.25) is 0 Å². The van der Waals surface area contributed by atoms with Gasteiger partial charge in [-0.1, -0.05) is 6.92 Å². The van der Waals surface area contributed by atoms with E-state index in [1.165, 1.54) is 11.1 Å². The molecule has 1 heterocycles. The Kier molecular flexibility index (Phi) is 3.12. The lowest BCUT2D eigenvalue weighted by atomic mass is 9.93. The number of benzene rings is 1. The molecule has 0 aromatic heterocycles. The topological polar surface area (TPSA) is 45.0 Å². The zero-order chi connectivity index (χ0) is 11.5. The van der Waals surface area contributed by atoms with Crippen LogP contribution in [0.5, 0.6) is 5.75 Å². The van der Waals surface area contributed by atoms with Crippen LogP contribution in [0.4, 0.5) is 0 Å². The van der Waals surface area contributed by atoms with Crippen molar-refractivity contribution in [2.75, 3.05) is 20.2 Å². The minimum absolute atomic E-state index is 0.454. The maximum atomic E-state index is 9.06. The fraction of sp³-hybridized carbons (Fsp3) is 0.462. The summed E-state index contributed by atoms with van der Waals surface area (Å²) < 4.78 is 5.24. The molecule has 0 amide bonds. The molecule has 2 rings (SSSR count). The maximum absolute atomic E-state index is 9.06. The molecule has 0 spiro atoms. The molecule has 16 heavy (non-hydrogen) atoms. The number of nitrogens with zero attached hydrogens (tertiary/aromatic N) is 1. The summed E-state index contributed by atoms with van der Waals surface area (Å²) in [6, 6.07) is 6.18. The number of nitrogens with one attached hydrogen (secondary N) is 1. The van der Waals surface area contributed by atoms with Crippen LogP contribution in [-0.2, 0) is 6.42 Å². The largest absolute Gasteiger partial charge is 0.495 e. The van der Waals surface area contributed by atoms with Crippen molar-refractivity contribution in [1.82, 2.24) is 5.32 Å². The number of ether oxygens (including phenoxy) is 1. The van der Waals surface area contributed by atoms with Crippen LogP contribution < -0.4 is 10.1 Å². The molecule has 84 valence electrons. The monoisotopic (exact) mass is 216 g/mol. The van der Waals surface area contributed by atoms with Crippen molar-refractivity contribution in [2.45, 2.75) is 19.3 Å². The SMILES string of the molecule is COc1cc2c(cc1C#N)[C@H](C)CNCC2. The van der Waals surface area contributed by atoms with Crippen molar-refractivity contribution in [3.63, 3.8) is 0 Å². The first-order valence-corrected chi connectivity index (χ1v) is 5.58. The molecular weight excluding hydrogens is 200 g/mol. The zero-order valence-electron chi connectivity index (χ0n) is 9.71. The van der Waals surface area contributed by atoms with Gasteiger partial charge in [0.1, 0.15) is 11.8 Å². The van der Waals surface area contributed by atoms with E-state index in [4.69, 9.17) is 10.00 Å². The van der Waals surface area contributed by atoms with Crippen LogP contribution in [0.15, 0.2) is 12.1 Å². The van der Waals surface area contributed by atoms with Crippen molar-refractivity contribution >= 4 is 0 Å². The van der Waals surface area contributed by atoms with E-state index < -0.39 is 0 Å². The highest BCUT2D eigenvalue weighted by atomic mass is 16.5. The summed E-state index contributed by atoms with van der Waals surface area (Å²) in [6.45, 7) is 4.15. The lowest BCUT2D eigenvalue weighted by molar-refractivity contribution is 0.412. The van der Waals surface area contributed by atoms with Crippen molar-refractivity contribution in [1.29, 1.82) is 5.26 Å². The van der Waals surface area contributed by atoms with Gasteiger partial charge >= 0.3 is 0 Å². The van der Waals surface area contributed by atoms with Gasteiger partial charge < -0.3 is 10.1 Å². The molecule has 0 saturated carbocycles. The van der Waals surface area contributed by atoms with E-state index in [0.29, 0.717) is 17.2 Å². The van der Waals surface area contributed by atoms with Gasteiger partial charge in [-0.05, 0) is 42.1 Å². The Morgan fingerprint density at radius 1 is 1.50 bits per heavy atom. The predicted molar refractivity (Wildman–Crippen MR) is 62.7 cm³/mol. The quantitative estimate of drug-likeness (QED) is 0.778. The first-order valence-electron chi connectivity index (χ1n) is 5.58. The van der Waals surface area contributed by atoms with Crippen LogP contribution in [0, 0.1) is 11.3 Å². The molecule has 0 unspecified atom stereocenters. The van der Waals surface area contributed by atoms with Gasteiger partial charge in [-0.3, -0.25) is 0 Å². The second-order valence-corrected chi connectivity index (χ2v) is 4.22. The lowest BCUT2D eigenvalue weighted by Crippen LogP contribution is -2.18. The number of methoxy groups -OCH3 is 1. The third-order valence-electron chi connectivity index (χ3n) is 3.13. The van der Waals surface area contributed by atoms with Crippen LogP contribution >= 0.6 is 0 Å². The van der Waals surface area contributed by atoms with Gasteiger partial charge in [0.05, 0.1) is 12.7 Å². The third kappa shape index (κ3) is 1.89. The van der Waals surface area contributed by atoms with Gasteiger partial charge in [0.25, 0.3) is 0 Å². The van der Waals surface area contributed by atoms with E-state index >= 15 is 0 Å². The molecule has 3 heteroatoms. The number of hydrogen-bond donors (Lipinski definition) is 1. The molecule has 1 atom stereocenters. The molecule has 0 radical (unpaired) electrons. The molecular formula is C13H16N2O. The Morgan fingerprint density at radius 2 is 2.31 bits per heavy atom. The third-order valence-corrected chi connectivity index (χ3v) is 3.13. The van der Waals surface area contributed by atoms with Gasteiger partial charge in [0.15, 0.2) is 0 Å². The van der Waals surface area contributed by atoms with E-state index in [9.17, 15) is 0 Å². The van der Waals surface area contributed by atoms with Gasteiger partial charge in [-0.25, -0.2) is 0 Å². The number of hydrogen-bond acceptors (Lipinski definition) is 3. The molecule has 0 fully saturated rings. The highest BCUT2D eigenvalue weighted by Crippen LogP contribution is 2.29. The van der Waals surface area contributed by atoms with Crippen LogP contribution in [0.2, 0.25) is 0 Å². The average molecular weight is 216 g/mol. The fourth-order valence-corrected chi connectivity index (χ4v) is 2.22. The summed E-state index contributed by atoms with van der Waals surface area (Å²) in [7, 11) is 1.61. The summed E-state index contributed by atoms with van der Waals surface area (Å²) in [5, 5.41) is 12.5. The zero-order valence-corrected chi connectivity index (χ0v) is 9.71. The molecule has 3 nitrogen and oxygen atoms in total. The Labute approximate surface area is 96.0 Å². The van der Waals surface area contributed by atoms with Gasteiger partial charge in [-0.2, -0.15) is 5.26 Å². The molecule has 0 aliphatic carbocycles. The van der Waals surface area contributed by atoms with Crippen LogP contribution in [0.25, 0.3) is 0 Å². The van der Waals surface area contributed by atoms with Crippen molar-refractivity contribution in [3.05, 3.63) is 28.8 Å². The van der Waals surface area contributed by atoms with E-state index in [1.807, 2.05) is 12.1 Å². The Morgan fingerprint density at radius 3 is 3.00 bits per heavy atom. The van der Waals surface area contributed by atoms with Crippen molar-refractivity contribution in [2.24, 2.45) is 0 Å². The fourth-order valence-electron chi connectivity index (χ4n) is 2.22. The van der Waals surface area contributed by atoms with Crippen LogP contribution in [0.3, 0.4) is 0 Å². The normalized spacial score (nSPS) is 19.4. The Bertz CT molecular complexity index is 434. The second-order valence-electron chi connectivity index (χ2n) is 4.22. The molecule has 0 saturated heterocycles. The summed E-state index contributed by atoms with van der Waals surface area (Å²) in [4.78, 5) is 0. The molecule has 1 aromatic rings. The first kappa shape index (κ1) is 11.0. The van der Waals surface area contributed by atoms with E-state index in [1.54, 1.807) is 7.11 Å².